The number of allylic oxidation sites excluding steroid dienone is 4. The average molecular weight is 456 g/mol. The monoisotopic (exact) mass is 456 g/mol. The van der Waals surface area contributed by atoms with Crippen molar-refractivity contribution in [3.63, 3.8) is 0 Å². The first-order valence-electron chi connectivity index (χ1n) is 10.6. The first-order chi connectivity index (χ1) is 14.6. The second-order valence-electron chi connectivity index (χ2n) is 7.49. The van der Waals surface area contributed by atoms with Gasteiger partial charge in [-0.25, -0.2) is 0 Å². The number of hydrogen-bond acceptors (Lipinski definition) is 0. The summed E-state index contributed by atoms with van der Waals surface area (Å²) in [5.41, 5.74) is 3.22. The summed E-state index contributed by atoms with van der Waals surface area (Å²) >= 11 is 0. The molecule has 1 fully saturated rings. The van der Waals surface area contributed by atoms with E-state index < -0.39 is 0 Å². The zero-order chi connectivity index (χ0) is 21.4. The van der Waals surface area contributed by atoms with Crippen LogP contribution in [0.3, 0.4) is 0 Å². The van der Waals surface area contributed by atoms with Crippen LogP contribution in [0.4, 0.5) is 0 Å². The van der Waals surface area contributed by atoms with Crippen molar-refractivity contribution in [2.75, 3.05) is 0 Å². The molecule has 0 N–H and O–H groups in total. The maximum atomic E-state index is 3.72. The Labute approximate surface area is 212 Å². The fraction of sp³-hybridized carbons (Fsp3) is 0.161. The third-order valence-electron chi connectivity index (χ3n) is 4.98. The third kappa shape index (κ3) is 13.0. The van der Waals surface area contributed by atoms with Crippen LogP contribution in [0.2, 0.25) is 0 Å². The summed E-state index contributed by atoms with van der Waals surface area (Å²) in [6, 6.07) is 29.6. The van der Waals surface area contributed by atoms with E-state index in [4.69, 9.17) is 0 Å². The minimum absolute atomic E-state index is 0. The molecule has 2 aliphatic carbocycles. The molecule has 0 aliphatic heterocycles. The number of fused-ring (bicyclic) bond motifs is 1. The van der Waals surface area contributed by atoms with E-state index in [9.17, 15) is 0 Å². The molecule has 3 aromatic carbocycles. The van der Waals surface area contributed by atoms with Crippen LogP contribution in [0.1, 0.15) is 36.0 Å². The molecule has 2 aliphatic rings. The van der Waals surface area contributed by atoms with E-state index in [-0.39, 0.29) is 29.1 Å². The molecule has 1 saturated carbocycles. The van der Waals surface area contributed by atoms with Crippen LogP contribution in [0, 0.1) is 40.0 Å². The average Bonchev–Trinajstić information content (AvgIpc) is 3.26. The van der Waals surface area contributed by atoms with Crippen molar-refractivity contribution >= 4 is 0 Å². The number of rotatable bonds is 0. The van der Waals surface area contributed by atoms with E-state index in [0.717, 1.165) is 28.5 Å². The Hall–Kier alpha value is -2.54. The molecule has 0 nitrogen and oxygen atoms in total. The standard InChI is InChI=1S/C9H12.3C7H7.CH3.Ti/c1-2-5-9-7-3-6-8(9)4-1;3*1-7-5-3-2-4-6-7;;/h1-2,4-5,8-9H,3,6-7H2;3*2-6H,1H2;1H3;/q;4*-1;+4. The van der Waals surface area contributed by atoms with Gasteiger partial charge in [0.2, 0.25) is 0 Å². The summed E-state index contributed by atoms with van der Waals surface area (Å²) in [6.45, 7) is 11.2. The van der Waals surface area contributed by atoms with E-state index in [1.807, 2.05) is 91.0 Å². The van der Waals surface area contributed by atoms with Gasteiger partial charge in [-0.1, -0.05) is 48.9 Å². The van der Waals surface area contributed by atoms with Crippen LogP contribution in [-0.4, -0.2) is 0 Å². The minimum Gasteiger partial charge on any atom is -0.358 e. The van der Waals surface area contributed by atoms with E-state index in [1.54, 1.807) is 0 Å². The molecule has 0 spiro atoms. The molecule has 0 saturated heterocycles. The van der Waals surface area contributed by atoms with Gasteiger partial charge in [-0.2, -0.15) is 73.9 Å². The molecule has 3 aromatic rings. The van der Waals surface area contributed by atoms with Crippen LogP contribution >= 0.6 is 0 Å². The molecule has 0 heterocycles. The Bertz CT molecular complexity index is 744. The predicted molar refractivity (Wildman–Crippen MR) is 138 cm³/mol. The van der Waals surface area contributed by atoms with Gasteiger partial charge in [0.25, 0.3) is 0 Å². The summed E-state index contributed by atoms with van der Waals surface area (Å²) in [5.74, 6) is 1.80. The molecule has 32 heavy (non-hydrogen) atoms. The van der Waals surface area contributed by atoms with Gasteiger partial charge in [0, 0.05) is 0 Å². The maximum absolute atomic E-state index is 3.72. The summed E-state index contributed by atoms with van der Waals surface area (Å²) in [5, 5.41) is 0. The van der Waals surface area contributed by atoms with E-state index in [0.29, 0.717) is 0 Å². The minimum atomic E-state index is 0. The maximum Gasteiger partial charge on any atom is 4.00 e. The SMILES string of the molecule is C1=CC2CCCC2C=C1.[CH2-]c1ccccc1.[CH2-]c1ccccc1.[CH2-]c1ccccc1.[CH3-].[Ti+4]. The first-order valence-corrected chi connectivity index (χ1v) is 10.6. The van der Waals surface area contributed by atoms with Gasteiger partial charge in [0.15, 0.2) is 0 Å². The van der Waals surface area contributed by atoms with Crippen molar-refractivity contribution in [1.29, 1.82) is 0 Å². The summed E-state index contributed by atoms with van der Waals surface area (Å²) in [7, 11) is 0. The van der Waals surface area contributed by atoms with Crippen LogP contribution in [0.5, 0.6) is 0 Å². The summed E-state index contributed by atoms with van der Waals surface area (Å²) in [6.07, 6.45) is 13.4. The Morgan fingerprint density at radius 2 is 0.781 bits per heavy atom. The summed E-state index contributed by atoms with van der Waals surface area (Å²) < 4.78 is 0. The third-order valence-corrected chi connectivity index (χ3v) is 4.98. The van der Waals surface area contributed by atoms with Crippen molar-refractivity contribution in [1.82, 2.24) is 0 Å². The second-order valence-corrected chi connectivity index (χ2v) is 7.49. The van der Waals surface area contributed by atoms with E-state index in [2.05, 4.69) is 45.1 Å². The smallest absolute Gasteiger partial charge is 0.358 e. The molecule has 1 heteroatoms. The Kier molecular flexibility index (Phi) is 16.6. The zero-order valence-electron chi connectivity index (χ0n) is 19.4. The molecule has 0 amide bonds. The quantitative estimate of drug-likeness (QED) is 0.235. The van der Waals surface area contributed by atoms with Gasteiger partial charge >= 0.3 is 21.7 Å². The van der Waals surface area contributed by atoms with Crippen LogP contribution in [-0.2, 0) is 21.7 Å². The Morgan fingerprint density at radius 1 is 0.500 bits per heavy atom. The zero-order valence-corrected chi connectivity index (χ0v) is 20.9. The first kappa shape index (κ1) is 29.5. The normalized spacial score (nSPS) is 16.6. The molecule has 5 rings (SSSR count). The molecule has 0 aromatic heterocycles. The van der Waals surface area contributed by atoms with Crippen molar-refractivity contribution in [3.8, 4) is 0 Å². The second kappa shape index (κ2) is 18.1. The molecule has 2 atom stereocenters. The van der Waals surface area contributed by atoms with Crippen molar-refractivity contribution in [3.05, 3.63) is 160 Å². The Morgan fingerprint density at radius 3 is 1.00 bits per heavy atom. The van der Waals surface area contributed by atoms with Crippen LogP contribution in [0.25, 0.3) is 0 Å². The molecule has 0 bridgehead atoms. The van der Waals surface area contributed by atoms with Gasteiger partial charge in [-0.05, 0) is 24.7 Å². The van der Waals surface area contributed by atoms with Gasteiger partial charge in [-0.3, -0.25) is 0 Å². The molecule has 0 radical (unpaired) electrons. The van der Waals surface area contributed by atoms with Gasteiger partial charge in [0.1, 0.15) is 0 Å². The number of benzene rings is 3. The number of hydrogen-bond donors (Lipinski definition) is 0. The fourth-order valence-corrected chi connectivity index (χ4v) is 3.34. The van der Waals surface area contributed by atoms with Crippen LogP contribution in [0.15, 0.2) is 115 Å². The predicted octanol–water partition coefficient (Wildman–Crippen LogP) is 8.58. The van der Waals surface area contributed by atoms with Crippen molar-refractivity contribution in [2.45, 2.75) is 19.3 Å². The Balaban J connectivity index is 0.000000395. The fourth-order valence-electron chi connectivity index (χ4n) is 3.34. The van der Waals surface area contributed by atoms with Gasteiger partial charge < -0.3 is 7.43 Å². The van der Waals surface area contributed by atoms with Crippen LogP contribution < -0.4 is 0 Å². The molecular weight excluding hydrogens is 420 g/mol. The van der Waals surface area contributed by atoms with Gasteiger partial charge in [0.05, 0.1) is 0 Å². The molecular formula is C31H36Ti. The topological polar surface area (TPSA) is 0 Å². The van der Waals surface area contributed by atoms with Crippen molar-refractivity contribution < 1.29 is 21.7 Å². The molecule has 164 valence electrons. The summed E-state index contributed by atoms with van der Waals surface area (Å²) in [4.78, 5) is 0. The van der Waals surface area contributed by atoms with E-state index in [1.165, 1.54) is 19.3 Å². The largest absolute Gasteiger partial charge is 4.00 e. The van der Waals surface area contributed by atoms with Crippen molar-refractivity contribution in [2.24, 2.45) is 11.8 Å². The van der Waals surface area contributed by atoms with E-state index >= 15 is 0 Å². The van der Waals surface area contributed by atoms with Gasteiger partial charge in [-0.15, -0.1) is 36.4 Å². The molecule has 2 unspecified atom stereocenters.